The van der Waals surface area contributed by atoms with Crippen LogP contribution in [0.3, 0.4) is 0 Å². The zero-order chi connectivity index (χ0) is 15.0. The van der Waals surface area contributed by atoms with E-state index in [0.29, 0.717) is 11.4 Å². The van der Waals surface area contributed by atoms with Crippen LogP contribution in [-0.4, -0.2) is 11.8 Å². The van der Waals surface area contributed by atoms with E-state index in [4.69, 9.17) is 5.73 Å². The van der Waals surface area contributed by atoms with Gasteiger partial charge in [-0.3, -0.25) is 9.59 Å². The van der Waals surface area contributed by atoms with E-state index < -0.39 is 5.92 Å². The Balaban J connectivity index is 1.98. The summed E-state index contributed by atoms with van der Waals surface area (Å²) in [6.07, 6.45) is 0.191. The predicted octanol–water partition coefficient (Wildman–Crippen LogP) is 2.62. The zero-order valence-electron chi connectivity index (χ0n) is 11.7. The van der Waals surface area contributed by atoms with E-state index in [1.807, 2.05) is 43.3 Å². The number of hydrogen-bond donors (Lipinski definition) is 1. The Morgan fingerprint density at radius 3 is 2.48 bits per heavy atom. The zero-order valence-corrected chi connectivity index (χ0v) is 11.7. The Bertz CT molecular complexity index is 710. The first-order valence-corrected chi connectivity index (χ1v) is 6.86. The standard InChI is InChI=1S/C17H16N2O2/c1-11-7-8-15(14(18)9-11)19-16(20)10-13(17(19)21)12-5-3-2-4-6-12/h2-9,13H,10,18H2,1H3. The second-order valence-corrected chi connectivity index (χ2v) is 5.30. The summed E-state index contributed by atoms with van der Waals surface area (Å²) in [5.41, 5.74) is 8.75. The lowest BCUT2D eigenvalue weighted by Crippen LogP contribution is -2.30. The molecule has 1 aliphatic rings. The molecule has 2 aromatic carbocycles. The van der Waals surface area contributed by atoms with Crippen LogP contribution in [0.15, 0.2) is 48.5 Å². The van der Waals surface area contributed by atoms with Crippen molar-refractivity contribution < 1.29 is 9.59 Å². The van der Waals surface area contributed by atoms with E-state index in [9.17, 15) is 9.59 Å². The van der Waals surface area contributed by atoms with Gasteiger partial charge in [-0.2, -0.15) is 0 Å². The third-order valence-corrected chi connectivity index (χ3v) is 3.77. The number of rotatable bonds is 2. The molecule has 0 aliphatic carbocycles. The van der Waals surface area contributed by atoms with Gasteiger partial charge in [0.1, 0.15) is 0 Å². The predicted molar refractivity (Wildman–Crippen MR) is 81.9 cm³/mol. The third kappa shape index (κ3) is 2.29. The molecule has 0 spiro atoms. The topological polar surface area (TPSA) is 63.4 Å². The minimum Gasteiger partial charge on any atom is -0.397 e. The minimum absolute atomic E-state index is 0.191. The molecule has 1 heterocycles. The largest absolute Gasteiger partial charge is 0.397 e. The summed E-state index contributed by atoms with van der Waals surface area (Å²) in [5, 5.41) is 0. The van der Waals surface area contributed by atoms with Crippen molar-refractivity contribution in [3.05, 3.63) is 59.7 Å². The molecule has 1 aliphatic heterocycles. The molecule has 2 amide bonds. The number of carbonyl (C=O) groups excluding carboxylic acids is 2. The molecule has 0 radical (unpaired) electrons. The first-order chi connectivity index (χ1) is 10.1. The molecule has 4 nitrogen and oxygen atoms in total. The third-order valence-electron chi connectivity index (χ3n) is 3.77. The van der Waals surface area contributed by atoms with Crippen LogP contribution >= 0.6 is 0 Å². The van der Waals surface area contributed by atoms with E-state index in [1.165, 1.54) is 4.90 Å². The fourth-order valence-corrected chi connectivity index (χ4v) is 2.71. The Kier molecular flexibility index (Phi) is 3.22. The van der Waals surface area contributed by atoms with Crippen LogP contribution in [0.4, 0.5) is 11.4 Å². The van der Waals surface area contributed by atoms with Crippen molar-refractivity contribution in [2.24, 2.45) is 0 Å². The molecule has 2 aromatic rings. The van der Waals surface area contributed by atoms with Gasteiger partial charge in [0.05, 0.1) is 17.3 Å². The Labute approximate surface area is 123 Å². The molecule has 1 unspecified atom stereocenters. The number of benzene rings is 2. The number of nitrogen functional groups attached to an aromatic ring is 1. The summed E-state index contributed by atoms with van der Waals surface area (Å²) in [4.78, 5) is 26.1. The van der Waals surface area contributed by atoms with Gasteiger partial charge < -0.3 is 5.73 Å². The van der Waals surface area contributed by atoms with Gasteiger partial charge in [-0.15, -0.1) is 0 Å². The highest BCUT2D eigenvalue weighted by molar-refractivity contribution is 6.23. The Hall–Kier alpha value is -2.62. The van der Waals surface area contributed by atoms with Crippen molar-refractivity contribution in [2.45, 2.75) is 19.3 Å². The van der Waals surface area contributed by atoms with Gasteiger partial charge in [0.15, 0.2) is 0 Å². The summed E-state index contributed by atoms with van der Waals surface area (Å²) in [7, 11) is 0. The molecule has 0 bridgehead atoms. The van der Waals surface area contributed by atoms with Crippen LogP contribution in [0.1, 0.15) is 23.5 Å². The van der Waals surface area contributed by atoms with Gasteiger partial charge in [-0.1, -0.05) is 36.4 Å². The van der Waals surface area contributed by atoms with E-state index in [2.05, 4.69) is 0 Å². The van der Waals surface area contributed by atoms with Crippen molar-refractivity contribution in [2.75, 3.05) is 10.6 Å². The van der Waals surface area contributed by atoms with Crippen LogP contribution in [0.2, 0.25) is 0 Å². The highest BCUT2D eigenvalue weighted by Crippen LogP contribution is 2.35. The molecule has 21 heavy (non-hydrogen) atoms. The molecule has 1 atom stereocenters. The average Bonchev–Trinajstić information content (AvgIpc) is 2.76. The maximum atomic E-state index is 12.6. The van der Waals surface area contributed by atoms with E-state index in [0.717, 1.165) is 11.1 Å². The summed E-state index contributed by atoms with van der Waals surface area (Å²) in [6, 6.07) is 14.7. The number of anilines is 2. The fourth-order valence-electron chi connectivity index (χ4n) is 2.71. The molecular weight excluding hydrogens is 264 g/mol. The molecule has 0 saturated carbocycles. The second-order valence-electron chi connectivity index (χ2n) is 5.30. The number of aryl methyl sites for hydroxylation is 1. The van der Waals surface area contributed by atoms with E-state index in [1.54, 1.807) is 12.1 Å². The monoisotopic (exact) mass is 280 g/mol. The molecular formula is C17H16N2O2. The molecule has 1 fully saturated rings. The van der Waals surface area contributed by atoms with Gasteiger partial charge in [0.2, 0.25) is 11.8 Å². The van der Waals surface area contributed by atoms with Gasteiger partial charge in [0.25, 0.3) is 0 Å². The lowest BCUT2D eigenvalue weighted by Gasteiger charge is -2.17. The Morgan fingerprint density at radius 1 is 1.10 bits per heavy atom. The highest BCUT2D eigenvalue weighted by atomic mass is 16.2. The Morgan fingerprint density at radius 2 is 1.81 bits per heavy atom. The average molecular weight is 280 g/mol. The number of nitrogens with zero attached hydrogens (tertiary/aromatic N) is 1. The molecule has 1 saturated heterocycles. The van der Waals surface area contributed by atoms with Crippen LogP contribution in [0.25, 0.3) is 0 Å². The van der Waals surface area contributed by atoms with Crippen molar-refractivity contribution in [3.8, 4) is 0 Å². The summed E-state index contributed by atoms with van der Waals surface area (Å²) < 4.78 is 0. The number of carbonyl (C=O) groups is 2. The SMILES string of the molecule is Cc1ccc(N2C(=O)CC(c3ccccc3)C2=O)c(N)c1. The maximum absolute atomic E-state index is 12.6. The van der Waals surface area contributed by atoms with Crippen molar-refractivity contribution in [1.29, 1.82) is 0 Å². The van der Waals surface area contributed by atoms with Crippen molar-refractivity contribution in [1.82, 2.24) is 0 Å². The van der Waals surface area contributed by atoms with Gasteiger partial charge in [-0.25, -0.2) is 4.90 Å². The number of nitrogens with two attached hydrogens (primary N) is 1. The summed E-state index contributed by atoms with van der Waals surface area (Å²) >= 11 is 0. The first-order valence-electron chi connectivity index (χ1n) is 6.86. The van der Waals surface area contributed by atoms with Crippen LogP contribution in [0, 0.1) is 6.92 Å². The number of imide groups is 1. The second kappa shape index (κ2) is 5.05. The van der Waals surface area contributed by atoms with E-state index in [-0.39, 0.29) is 18.2 Å². The van der Waals surface area contributed by atoms with Gasteiger partial charge in [0, 0.05) is 6.42 Å². The normalized spacial score (nSPS) is 18.3. The number of amides is 2. The molecule has 106 valence electrons. The van der Waals surface area contributed by atoms with E-state index >= 15 is 0 Å². The van der Waals surface area contributed by atoms with Crippen LogP contribution in [0.5, 0.6) is 0 Å². The maximum Gasteiger partial charge on any atom is 0.241 e. The lowest BCUT2D eigenvalue weighted by molar-refractivity contribution is -0.121. The van der Waals surface area contributed by atoms with Crippen molar-refractivity contribution >= 4 is 23.2 Å². The first kappa shape index (κ1) is 13.4. The van der Waals surface area contributed by atoms with Crippen LogP contribution in [-0.2, 0) is 9.59 Å². The lowest BCUT2D eigenvalue weighted by atomic mass is 9.98. The number of hydrogen-bond acceptors (Lipinski definition) is 3. The van der Waals surface area contributed by atoms with Gasteiger partial charge in [-0.05, 0) is 30.2 Å². The van der Waals surface area contributed by atoms with Crippen molar-refractivity contribution in [3.63, 3.8) is 0 Å². The smallest absolute Gasteiger partial charge is 0.241 e. The van der Waals surface area contributed by atoms with Gasteiger partial charge >= 0.3 is 0 Å². The van der Waals surface area contributed by atoms with Crippen LogP contribution < -0.4 is 10.6 Å². The molecule has 2 N–H and O–H groups in total. The quantitative estimate of drug-likeness (QED) is 0.679. The molecule has 4 heteroatoms. The summed E-state index contributed by atoms with van der Waals surface area (Å²) in [5.74, 6) is -0.828. The summed E-state index contributed by atoms with van der Waals surface area (Å²) in [6.45, 7) is 1.92. The fraction of sp³-hybridized carbons (Fsp3) is 0.176. The minimum atomic E-state index is -0.417. The molecule has 0 aromatic heterocycles. The highest BCUT2D eigenvalue weighted by Gasteiger charge is 2.40. The molecule has 3 rings (SSSR count).